The van der Waals surface area contributed by atoms with Crippen LogP contribution >= 0.6 is 58.6 Å². The maximum absolute atomic E-state index is 12.2. The number of anilines is 1. The summed E-state index contributed by atoms with van der Waals surface area (Å²) in [4.78, 5) is 12.2. The number of alkyl halides is 3. The maximum atomic E-state index is 12.2. The van der Waals surface area contributed by atoms with Crippen LogP contribution in [0.25, 0.3) is 0 Å². The van der Waals surface area contributed by atoms with Crippen LogP contribution in [0.2, 0.25) is 5.02 Å². The van der Waals surface area contributed by atoms with E-state index in [4.69, 9.17) is 58.6 Å². The molecule has 0 unspecified atom stereocenters. The van der Waals surface area contributed by atoms with Crippen molar-refractivity contribution < 1.29 is 4.79 Å². The monoisotopic (exact) mass is 485 g/mol. The van der Waals surface area contributed by atoms with Gasteiger partial charge >= 0.3 is 0 Å². The highest BCUT2D eigenvalue weighted by molar-refractivity contribution is 7.80. The van der Waals surface area contributed by atoms with Gasteiger partial charge in [-0.1, -0.05) is 91.9 Å². The van der Waals surface area contributed by atoms with E-state index in [1.807, 2.05) is 0 Å². The molecule has 0 aliphatic rings. The lowest BCUT2D eigenvalue weighted by Gasteiger charge is -2.27. The fraction of sp³-hybridized carbons (Fsp3) is 0.579. The van der Waals surface area contributed by atoms with Gasteiger partial charge in [0.1, 0.15) is 6.17 Å². The highest BCUT2D eigenvalue weighted by Gasteiger charge is 2.34. The molecule has 1 aromatic rings. The van der Waals surface area contributed by atoms with Gasteiger partial charge in [-0.2, -0.15) is 0 Å². The number of nitrogens with one attached hydrogen (secondary N) is 3. The Kier molecular flexibility index (Phi) is 12.5. The van der Waals surface area contributed by atoms with Gasteiger partial charge in [0.2, 0.25) is 9.70 Å². The predicted molar refractivity (Wildman–Crippen MR) is 126 cm³/mol. The summed E-state index contributed by atoms with van der Waals surface area (Å²) < 4.78 is -1.76. The minimum Gasteiger partial charge on any atom is -0.339 e. The number of unbranched alkanes of at least 4 members (excludes halogenated alkanes) is 6. The van der Waals surface area contributed by atoms with Crippen LogP contribution in [0.15, 0.2) is 24.3 Å². The second-order valence-electron chi connectivity index (χ2n) is 6.52. The van der Waals surface area contributed by atoms with E-state index in [9.17, 15) is 4.79 Å². The van der Waals surface area contributed by atoms with Gasteiger partial charge in [-0.05, 0) is 42.9 Å². The van der Waals surface area contributed by atoms with Crippen LogP contribution in [-0.2, 0) is 4.79 Å². The quantitative estimate of drug-likeness (QED) is 0.143. The molecule has 28 heavy (non-hydrogen) atoms. The molecule has 1 rings (SSSR count). The van der Waals surface area contributed by atoms with Crippen LogP contribution in [0.4, 0.5) is 5.69 Å². The molecule has 1 aromatic carbocycles. The number of carbonyl (C=O) groups excluding carboxylic acids is 1. The first-order valence-electron chi connectivity index (χ1n) is 9.41. The van der Waals surface area contributed by atoms with Crippen LogP contribution in [0.1, 0.15) is 58.3 Å². The fourth-order valence-corrected chi connectivity index (χ4v) is 3.20. The van der Waals surface area contributed by atoms with Crippen LogP contribution in [0, 0.1) is 0 Å². The zero-order valence-corrected chi connectivity index (χ0v) is 19.7. The summed E-state index contributed by atoms with van der Waals surface area (Å²) >= 11 is 29.1. The van der Waals surface area contributed by atoms with Crippen molar-refractivity contribution in [1.29, 1.82) is 0 Å². The van der Waals surface area contributed by atoms with Gasteiger partial charge in [0.05, 0.1) is 0 Å². The second kappa shape index (κ2) is 13.7. The van der Waals surface area contributed by atoms with E-state index >= 15 is 0 Å². The van der Waals surface area contributed by atoms with E-state index in [1.54, 1.807) is 24.3 Å². The summed E-state index contributed by atoms with van der Waals surface area (Å²) in [5, 5.41) is 9.32. The molecule has 0 aromatic heterocycles. The minimum absolute atomic E-state index is 0.188. The molecular weight excluding hydrogens is 460 g/mol. The summed E-state index contributed by atoms with van der Waals surface area (Å²) in [6, 6.07) is 6.98. The van der Waals surface area contributed by atoms with Crippen LogP contribution < -0.4 is 16.0 Å². The van der Waals surface area contributed by atoms with Crippen molar-refractivity contribution in [3.05, 3.63) is 29.3 Å². The van der Waals surface area contributed by atoms with Crippen molar-refractivity contribution in [2.45, 2.75) is 68.2 Å². The summed E-state index contributed by atoms with van der Waals surface area (Å²) in [6.07, 6.45) is 7.32. The zero-order valence-electron chi connectivity index (χ0n) is 15.9. The minimum atomic E-state index is -1.76. The smallest absolute Gasteiger partial charge is 0.228 e. The van der Waals surface area contributed by atoms with E-state index in [1.165, 1.54) is 25.7 Å². The molecule has 0 saturated heterocycles. The third-order valence-corrected chi connectivity index (χ3v) is 5.14. The van der Waals surface area contributed by atoms with Crippen molar-refractivity contribution in [1.82, 2.24) is 10.6 Å². The normalized spacial score (nSPS) is 12.3. The lowest BCUT2D eigenvalue weighted by atomic mass is 10.1. The third-order valence-electron chi connectivity index (χ3n) is 4.02. The Morgan fingerprint density at radius 3 is 2.14 bits per heavy atom. The Hall–Kier alpha value is -0.460. The molecule has 0 aliphatic heterocycles. The highest BCUT2D eigenvalue weighted by Crippen LogP contribution is 2.29. The molecule has 4 nitrogen and oxygen atoms in total. The van der Waals surface area contributed by atoms with E-state index < -0.39 is 9.96 Å². The fourth-order valence-electron chi connectivity index (χ4n) is 2.51. The molecule has 0 radical (unpaired) electrons. The Morgan fingerprint density at radius 1 is 1.00 bits per heavy atom. The number of hydrogen-bond donors (Lipinski definition) is 3. The van der Waals surface area contributed by atoms with Crippen LogP contribution in [-0.4, -0.2) is 21.0 Å². The molecule has 0 spiro atoms. The number of carbonyl (C=O) groups is 1. The number of thiocarbonyl (C=S) groups is 1. The number of hydrogen-bond acceptors (Lipinski definition) is 2. The zero-order chi connectivity index (χ0) is 21.0. The van der Waals surface area contributed by atoms with Crippen molar-refractivity contribution in [3.63, 3.8) is 0 Å². The number of amides is 1. The van der Waals surface area contributed by atoms with Gasteiger partial charge in [0, 0.05) is 17.1 Å². The molecule has 1 atom stereocenters. The number of benzene rings is 1. The molecule has 0 aliphatic carbocycles. The molecule has 0 saturated carbocycles. The van der Waals surface area contributed by atoms with Crippen LogP contribution in [0.5, 0.6) is 0 Å². The van der Waals surface area contributed by atoms with Crippen molar-refractivity contribution in [3.8, 4) is 0 Å². The van der Waals surface area contributed by atoms with Crippen LogP contribution in [0.3, 0.4) is 0 Å². The largest absolute Gasteiger partial charge is 0.339 e. The molecule has 0 heterocycles. The summed E-state index contributed by atoms with van der Waals surface area (Å²) in [7, 11) is 0. The van der Waals surface area contributed by atoms with E-state index in [2.05, 4.69) is 22.9 Å². The summed E-state index contributed by atoms with van der Waals surface area (Å²) in [5.74, 6) is -0.188. The average Bonchev–Trinajstić information content (AvgIpc) is 2.61. The van der Waals surface area contributed by atoms with Crippen molar-refractivity contribution in [2.24, 2.45) is 0 Å². The van der Waals surface area contributed by atoms with Gasteiger partial charge in [-0.15, -0.1) is 0 Å². The Morgan fingerprint density at radius 2 is 1.57 bits per heavy atom. The number of halogens is 4. The topological polar surface area (TPSA) is 53.2 Å². The molecule has 3 N–H and O–H groups in total. The van der Waals surface area contributed by atoms with Gasteiger partial charge in [0.15, 0.2) is 5.11 Å². The van der Waals surface area contributed by atoms with Crippen molar-refractivity contribution >= 4 is 75.3 Å². The molecule has 0 fully saturated rings. The van der Waals surface area contributed by atoms with Gasteiger partial charge in [0.25, 0.3) is 0 Å². The summed E-state index contributed by atoms with van der Waals surface area (Å²) in [6.45, 7) is 2.19. The Bertz CT molecular complexity index is 608. The maximum Gasteiger partial charge on any atom is 0.228 e. The van der Waals surface area contributed by atoms with Gasteiger partial charge < -0.3 is 16.0 Å². The standard InChI is InChI=1S/C19H27Cl4N3OS/c1-2-3-4-5-6-7-8-9-16(27)25-17(19(21,22)23)26-18(28)24-15-12-10-14(20)11-13-15/h10-13,17H,2-9H2,1H3,(H,25,27)(H2,24,26,28)/t17-/m0/s1. The lowest BCUT2D eigenvalue weighted by Crippen LogP contribution is -2.56. The first-order valence-corrected chi connectivity index (χ1v) is 11.3. The van der Waals surface area contributed by atoms with E-state index in [0.717, 1.165) is 24.9 Å². The van der Waals surface area contributed by atoms with Crippen molar-refractivity contribution in [2.75, 3.05) is 5.32 Å². The van der Waals surface area contributed by atoms with E-state index in [0.29, 0.717) is 11.4 Å². The number of rotatable bonds is 11. The van der Waals surface area contributed by atoms with Gasteiger partial charge in [-0.25, -0.2) is 0 Å². The highest BCUT2D eigenvalue weighted by atomic mass is 35.6. The first-order chi connectivity index (χ1) is 13.2. The lowest BCUT2D eigenvalue weighted by molar-refractivity contribution is -0.122. The molecular formula is C19H27Cl4N3OS. The third kappa shape index (κ3) is 11.5. The second-order valence-corrected chi connectivity index (χ2v) is 9.73. The molecule has 0 bridgehead atoms. The SMILES string of the molecule is CCCCCCCCCC(=O)N[C@@H](NC(=S)Nc1ccc(Cl)cc1)C(Cl)(Cl)Cl. The molecule has 9 heteroatoms. The Balaban J connectivity index is 2.42. The molecule has 1 amide bonds. The first kappa shape index (κ1) is 25.6. The average molecular weight is 487 g/mol. The van der Waals surface area contributed by atoms with Gasteiger partial charge in [-0.3, -0.25) is 4.79 Å². The predicted octanol–water partition coefficient (Wildman–Crippen LogP) is 6.58. The molecule has 158 valence electrons. The Labute approximate surface area is 193 Å². The van der Waals surface area contributed by atoms with E-state index in [-0.39, 0.29) is 11.0 Å². The summed E-state index contributed by atoms with van der Waals surface area (Å²) in [5.41, 5.74) is 0.722.